The van der Waals surface area contributed by atoms with Crippen LogP contribution in [0.1, 0.15) is 44.9 Å². The first-order valence-electron chi connectivity index (χ1n) is 6.51. The maximum Gasteiger partial charge on any atom is 0.307 e. The highest BCUT2D eigenvalue weighted by molar-refractivity contribution is 5.72. The molecule has 3 aliphatic carbocycles. The molecule has 2 nitrogen and oxygen atoms in total. The molecule has 3 unspecified atom stereocenters. The van der Waals surface area contributed by atoms with Gasteiger partial charge in [0.25, 0.3) is 0 Å². The lowest BCUT2D eigenvalue weighted by Gasteiger charge is -2.26. The van der Waals surface area contributed by atoms with Gasteiger partial charge < -0.3 is 5.11 Å². The minimum Gasteiger partial charge on any atom is -0.481 e. The molecular weight excluding hydrogens is 200 g/mol. The summed E-state index contributed by atoms with van der Waals surface area (Å²) in [5, 5.41) is 9.08. The molecule has 0 aromatic carbocycles. The van der Waals surface area contributed by atoms with Crippen LogP contribution in [0.2, 0.25) is 0 Å². The Balaban J connectivity index is 1.79. The van der Waals surface area contributed by atoms with Crippen molar-refractivity contribution in [3.63, 3.8) is 0 Å². The van der Waals surface area contributed by atoms with Crippen LogP contribution >= 0.6 is 0 Å². The monoisotopic (exact) mass is 219 g/mol. The van der Waals surface area contributed by atoms with Gasteiger partial charge in [0.2, 0.25) is 0 Å². The van der Waals surface area contributed by atoms with Crippen LogP contribution < -0.4 is 0 Å². The van der Waals surface area contributed by atoms with Crippen molar-refractivity contribution >= 4 is 5.97 Å². The molecule has 1 N–H and O–H groups in total. The fourth-order valence-electron chi connectivity index (χ4n) is 3.88. The van der Waals surface area contributed by atoms with E-state index in [-0.39, 0.29) is 5.92 Å². The molecule has 2 bridgehead atoms. The van der Waals surface area contributed by atoms with Gasteiger partial charge >= 0.3 is 5.97 Å². The average Bonchev–Trinajstić information content (AvgIpc) is 2.91. The van der Waals surface area contributed by atoms with Gasteiger partial charge in [-0.2, -0.15) is 0 Å². The summed E-state index contributed by atoms with van der Waals surface area (Å²) in [6.45, 7) is 0. The molecule has 0 saturated heterocycles. The number of fused-ring (bicyclic) bond motifs is 2. The van der Waals surface area contributed by atoms with Crippen LogP contribution in [-0.4, -0.2) is 11.1 Å². The van der Waals surface area contributed by atoms with E-state index in [1.165, 1.54) is 31.3 Å². The van der Waals surface area contributed by atoms with E-state index in [2.05, 4.69) is 0 Å². The van der Waals surface area contributed by atoms with E-state index < -0.39 is 5.97 Å². The van der Waals surface area contributed by atoms with E-state index in [1.54, 1.807) is 5.57 Å². The Morgan fingerprint density at radius 2 is 2.19 bits per heavy atom. The Kier molecular flexibility index (Phi) is 2.53. The van der Waals surface area contributed by atoms with Crippen molar-refractivity contribution in [2.75, 3.05) is 0 Å². The summed E-state index contributed by atoms with van der Waals surface area (Å²) < 4.78 is 0. The largest absolute Gasteiger partial charge is 0.481 e. The number of carboxylic acid groups (broad SMARTS) is 1. The third kappa shape index (κ3) is 1.68. The van der Waals surface area contributed by atoms with Crippen LogP contribution in [0.4, 0.5) is 0 Å². The molecule has 3 atom stereocenters. The average molecular weight is 219 g/mol. The minimum absolute atomic E-state index is 0.213. The van der Waals surface area contributed by atoms with Crippen molar-refractivity contribution in [3.8, 4) is 0 Å². The van der Waals surface area contributed by atoms with E-state index in [0.29, 0.717) is 0 Å². The molecule has 3 saturated carbocycles. The van der Waals surface area contributed by atoms with Gasteiger partial charge in [-0.1, -0.05) is 11.1 Å². The highest BCUT2D eigenvalue weighted by atomic mass is 16.4. The second-order valence-electron chi connectivity index (χ2n) is 5.63. The van der Waals surface area contributed by atoms with Gasteiger partial charge in [0, 0.05) is 0 Å². The van der Waals surface area contributed by atoms with Crippen LogP contribution in [0.3, 0.4) is 0 Å². The summed E-state index contributed by atoms with van der Waals surface area (Å²) in [5.41, 5.74) is 3.16. The van der Waals surface area contributed by atoms with Crippen LogP contribution in [0, 0.1) is 24.2 Å². The van der Waals surface area contributed by atoms with Crippen molar-refractivity contribution < 1.29 is 9.90 Å². The normalized spacial score (nSPS) is 42.6. The van der Waals surface area contributed by atoms with Crippen molar-refractivity contribution in [3.05, 3.63) is 17.6 Å². The smallest absolute Gasteiger partial charge is 0.307 e. The molecular formula is C14H19O2. The third-order valence-electron chi connectivity index (χ3n) is 4.68. The highest BCUT2D eigenvalue weighted by Gasteiger charge is 2.38. The molecule has 0 aromatic heterocycles. The van der Waals surface area contributed by atoms with Gasteiger partial charge in [-0.15, -0.1) is 0 Å². The summed E-state index contributed by atoms with van der Waals surface area (Å²) >= 11 is 0. The topological polar surface area (TPSA) is 37.3 Å². The molecule has 0 amide bonds. The summed E-state index contributed by atoms with van der Waals surface area (Å²) in [6, 6.07) is 0. The Labute approximate surface area is 96.7 Å². The number of aliphatic carboxylic acids is 1. The molecule has 87 valence electrons. The van der Waals surface area contributed by atoms with E-state index in [9.17, 15) is 4.79 Å². The number of allylic oxidation sites excluding steroid dienone is 2. The van der Waals surface area contributed by atoms with Crippen molar-refractivity contribution in [1.29, 1.82) is 0 Å². The zero-order valence-corrected chi connectivity index (χ0v) is 9.61. The van der Waals surface area contributed by atoms with E-state index in [0.717, 1.165) is 31.1 Å². The number of rotatable bonds is 1. The first-order chi connectivity index (χ1) is 7.74. The predicted molar refractivity (Wildman–Crippen MR) is 61.8 cm³/mol. The molecule has 0 heterocycles. The molecule has 0 spiro atoms. The van der Waals surface area contributed by atoms with Crippen LogP contribution in [0.15, 0.2) is 11.1 Å². The number of hydrogen-bond donors (Lipinski definition) is 1. The predicted octanol–water partition coefficient (Wildman–Crippen LogP) is 3.19. The molecule has 2 heteroatoms. The summed E-state index contributed by atoms with van der Waals surface area (Å²) in [6.07, 6.45) is 10.3. The second kappa shape index (κ2) is 3.90. The fourth-order valence-corrected chi connectivity index (χ4v) is 3.88. The SMILES string of the molecule is O=C(O)C1[CH]CCC(=C2CC3CCC2C3)C1. The first-order valence-corrected chi connectivity index (χ1v) is 6.51. The standard InChI is InChI=1S/C14H19O2/c15-14(16)12-3-1-2-10(8-12)13-7-9-4-5-11(13)6-9/h3,9,11-12H,1-2,4-8H2,(H,15,16). The lowest BCUT2D eigenvalue weighted by atomic mass is 9.79. The van der Waals surface area contributed by atoms with Crippen molar-refractivity contribution in [1.82, 2.24) is 0 Å². The van der Waals surface area contributed by atoms with E-state index in [4.69, 9.17) is 5.11 Å². The third-order valence-corrected chi connectivity index (χ3v) is 4.68. The maximum absolute atomic E-state index is 11.0. The Hall–Kier alpha value is -0.790. The zero-order chi connectivity index (χ0) is 11.1. The lowest BCUT2D eigenvalue weighted by Crippen LogP contribution is -2.20. The number of carboxylic acids is 1. The van der Waals surface area contributed by atoms with E-state index in [1.807, 2.05) is 6.42 Å². The first kappa shape index (κ1) is 10.4. The van der Waals surface area contributed by atoms with Gasteiger partial charge in [0.1, 0.15) is 0 Å². The van der Waals surface area contributed by atoms with Gasteiger partial charge in [0.05, 0.1) is 5.92 Å². The molecule has 1 radical (unpaired) electrons. The Bertz CT molecular complexity index is 343. The molecule has 0 aliphatic heterocycles. The molecule has 3 fully saturated rings. The molecule has 16 heavy (non-hydrogen) atoms. The van der Waals surface area contributed by atoms with Crippen molar-refractivity contribution in [2.45, 2.75) is 44.9 Å². The summed E-state index contributed by atoms with van der Waals surface area (Å²) in [5.74, 6) is 0.908. The minimum atomic E-state index is -0.638. The van der Waals surface area contributed by atoms with Crippen LogP contribution in [0.5, 0.6) is 0 Å². The molecule has 3 rings (SSSR count). The van der Waals surface area contributed by atoms with Crippen LogP contribution in [-0.2, 0) is 4.79 Å². The zero-order valence-electron chi connectivity index (χ0n) is 9.61. The lowest BCUT2D eigenvalue weighted by molar-refractivity contribution is -0.140. The Morgan fingerprint density at radius 3 is 2.81 bits per heavy atom. The second-order valence-corrected chi connectivity index (χ2v) is 5.63. The molecule has 0 aromatic rings. The van der Waals surface area contributed by atoms with E-state index >= 15 is 0 Å². The van der Waals surface area contributed by atoms with Gasteiger partial charge in [-0.3, -0.25) is 4.79 Å². The fraction of sp³-hybridized carbons (Fsp3) is 0.714. The number of hydrogen-bond acceptors (Lipinski definition) is 1. The molecule has 3 aliphatic rings. The van der Waals surface area contributed by atoms with Gasteiger partial charge in [-0.25, -0.2) is 0 Å². The number of carbonyl (C=O) groups is 1. The van der Waals surface area contributed by atoms with Crippen LogP contribution in [0.25, 0.3) is 0 Å². The summed E-state index contributed by atoms with van der Waals surface area (Å²) in [7, 11) is 0. The maximum atomic E-state index is 11.0. The quantitative estimate of drug-likeness (QED) is 0.688. The highest BCUT2D eigenvalue weighted by Crippen LogP contribution is 2.51. The van der Waals surface area contributed by atoms with Gasteiger partial charge in [0.15, 0.2) is 0 Å². The summed E-state index contributed by atoms with van der Waals surface area (Å²) in [4.78, 5) is 11.0. The Morgan fingerprint density at radius 1 is 1.31 bits per heavy atom. The van der Waals surface area contributed by atoms with Crippen molar-refractivity contribution in [2.24, 2.45) is 17.8 Å². The van der Waals surface area contributed by atoms with Gasteiger partial charge in [-0.05, 0) is 63.2 Å².